The van der Waals surface area contributed by atoms with Crippen LogP contribution in [0.25, 0.3) is 68.8 Å². The third kappa shape index (κ3) is 4.85. The molecule has 1 fully saturated rings. The highest BCUT2D eigenvalue weighted by atomic mass is 14.5. The highest BCUT2D eigenvalue weighted by molar-refractivity contribution is 5.94. The van der Waals surface area contributed by atoms with Gasteiger partial charge in [0.1, 0.15) is 0 Å². The summed E-state index contributed by atoms with van der Waals surface area (Å²) in [6.45, 7) is 0. The minimum Gasteiger partial charge on any atom is -0.0619 e. The number of hydrogen-bond acceptors (Lipinski definition) is 0. The summed E-state index contributed by atoms with van der Waals surface area (Å²) >= 11 is 0. The predicted octanol–water partition coefficient (Wildman–Crippen LogP) is 15.4. The Bertz CT molecular complexity index is 2800. The van der Waals surface area contributed by atoms with Gasteiger partial charge in [0.05, 0.1) is 0 Å². The van der Waals surface area contributed by atoms with Crippen molar-refractivity contribution >= 4 is 24.3 Å². The van der Waals surface area contributed by atoms with Gasteiger partial charge in [0, 0.05) is 23.7 Å². The Balaban J connectivity index is 1.27. The van der Waals surface area contributed by atoms with Crippen LogP contribution in [0.15, 0.2) is 216 Å². The molecule has 0 N–H and O–H groups in total. The lowest BCUT2D eigenvalue weighted by Crippen LogP contribution is -2.28. The molecule has 0 heteroatoms. The van der Waals surface area contributed by atoms with Gasteiger partial charge in [-0.15, -0.1) is 0 Å². The summed E-state index contributed by atoms with van der Waals surface area (Å²) in [7, 11) is 0. The molecule has 8 aromatic carbocycles. The van der Waals surface area contributed by atoms with Crippen LogP contribution in [0.3, 0.4) is 0 Å². The monoisotopic (exact) mass is 760 g/mol. The normalized spacial score (nSPS) is 19.7. The summed E-state index contributed by atoms with van der Waals surface area (Å²) in [5.74, 6) is -0.0108. The zero-order chi connectivity index (χ0) is 39.3. The molecule has 0 aliphatic heterocycles. The predicted molar refractivity (Wildman–Crippen MR) is 250 cm³/mol. The zero-order valence-electron chi connectivity index (χ0n) is 33.1. The fourth-order valence-corrected chi connectivity index (χ4v) is 11.7. The quantitative estimate of drug-likeness (QED) is 0.135. The minimum absolute atomic E-state index is 0.00271. The first-order chi connectivity index (χ1) is 29.8. The van der Waals surface area contributed by atoms with E-state index in [4.69, 9.17) is 0 Å². The van der Waals surface area contributed by atoms with Crippen molar-refractivity contribution < 1.29 is 0 Å². The molecule has 4 atom stereocenters. The summed E-state index contributed by atoms with van der Waals surface area (Å²) in [5.41, 5.74) is 26.7. The van der Waals surface area contributed by atoms with Gasteiger partial charge >= 0.3 is 0 Å². The fraction of sp³-hybridized carbons (Fsp3) is 0.0667. The summed E-state index contributed by atoms with van der Waals surface area (Å²) in [5, 5.41) is 0. The first kappa shape index (κ1) is 33.7. The van der Waals surface area contributed by atoms with Crippen LogP contribution in [-0.2, 0) is 0 Å². The van der Waals surface area contributed by atoms with Gasteiger partial charge in [0.2, 0.25) is 0 Å². The standard InChI is InChI=1S/C60H40/c1-5-21-41-37(17-1)33-53-54-34-38-18-2-6-22-42(38)46-26-10-14-30-50(46)58(54)60-52-32-16-12-28-48(52)44-24-8-4-20-40(44)36-56(60)55-35-39-19-3-7-23-43(39)47-27-11-15-31-51(47)59(55)57(53)49-29-13-9-25-45(41)49/h1-36,57-60H/t57-,58-,59-,60-/m0/s1. The van der Waals surface area contributed by atoms with Crippen molar-refractivity contribution in [2.24, 2.45) is 0 Å². The van der Waals surface area contributed by atoms with Crippen molar-refractivity contribution in [1.82, 2.24) is 0 Å². The van der Waals surface area contributed by atoms with E-state index in [1.165, 1.54) is 111 Å². The van der Waals surface area contributed by atoms with Gasteiger partial charge in [-0.25, -0.2) is 0 Å². The van der Waals surface area contributed by atoms with E-state index in [1.54, 1.807) is 0 Å². The van der Waals surface area contributed by atoms with E-state index in [1.807, 2.05) is 0 Å². The van der Waals surface area contributed by atoms with Crippen LogP contribution in [0.5, 0.6) is 0 Å². The van der Waals surface area contributed by atoms with Crippen molar-refractivity contribution in [1.29, 1.82) is 0 Å². The third-order valence-corrected chi connectivity index (χ3v) is 14.1. The van der Waals surface area contributed by atoms with Gasteiger partial charge in [0.25, 0.3) is 0 Å². The Hall–Kier alpha value is -7.28. The highest BCUT2D eigenvalue weighted by Gasteiger charge is 2.48. The zero-order valence-corrected chi connectivity index (χ0v) is 33.1. The molecule has 0 aromatic heterocycles. The van der Waals surface area contributed by atoms with Crippen LogP contribution in [0.1, 0.15) is 68.2 Å². The maximum atomic E-state index is 2.60. The van der Waals surface area contributed by atoms with Crippen molar-refractivity contribution in [3.63, 3.8) is 0 Å². The van der Waals surface area contributed by atoms with Gasteiger partial charge in [0.15, 0.2) is 0 Å². The second kappa shape index (κ2) is 13.1. The van der Waals surface area contributed by atoms with Crippen molar-refractivity contribution in [3.8, 4) is 44.5 Å². The van der Waals surface area contributed by atoms with E-state index in [0.29, 0.717) is 0 Å². The largest absolute Gasteiger partial charge is 0.0619 e. The molecule has 0 saturated heterocycles. The number of allylic oxidation sites excluding steroid dienone is 4. The van der Waals surface area contributed by atoms with Gasteiger partial charge in [-0.3, -0.25) is 0 Å². The van der Waals surface area contributed by atoms with E-state index in [2.05, 4.69) is 218 Å². The molecule has 280 valence electrons. The molecule has 0 heterocycles. The van der Waals surface area contributed by atoms with Gasteiger partial charge < -0.3 is 0 Å². The third-order valence-electron chi connectivity index (χ3n) is 14.1. The molecule has 0 nitrogen and oxygen atoms in total. The molecule has 60 heavy (non-hydrogen) atoms. The molecule has 0 spiro atoms. The van der Waals surface area contributed by atoms with Crippen LogP contribution in [0, 0.1) is 0 Å². The maximum absolute atomic E-state index is 2.60. The van der Waals surface area contributed by atoms with Crippen molar-refractivity contribution in [3.05, 3.63) is 261 Å². The molecule has 1 saturated carbocycles. The minimum atomic E-state index is -0.00271. The number of fused-ring (bicyclic) bond motifs is 24. The second-order valence-electron chi connectivity index (χ2n) is 17.0. The van der Waals surface area contributed by atoms with Crippen LogP contribution in [0.4, 0.5) is 0 Å². The first-order valence-electron chi connectivity index (χ1n) is 21.4. The number of benzene rings is 8. The summed E-state index contributed by atoms with van der Waals surface area (Å²) < 4.78 is 0. The fourth-order valence-electron chi connectivity index (χ4n) is 11.7. The van der Waals surface area contributed by atoms with Crippen LogP contribution < -0.4 is 0 Å². The Morgan fingerprint density at radius 1 is 0.183 bits per heavy atom. The summed E-state index contributed by atoms with van der Waals surface area (Å²) in [6, 6.07) is 73.6. The van der Waals surface area contributed by atoms with Crippen LogP contribution in [-0.4, -0.2) is 0 Å². The highest BCUT2D eigenvalue weighted by Crippen LogP contribution is 2.65. The molecular weight excluding hydrogens is 721 g/mol. The van der Waals surface area contributed by atoms with E-state index in [0.717, 1.165) is 0 Å². The molecule has 0 bridgehead atoms. The summed E-state index contributed by atoms with van der Waals surface area (Å²) in [4.78, 5) is 0. The molecule has 0 amide bonds. The lowest BCUT2D eigenvalue weighted by molar-refractivity contribution is 0.600. The van der Waals surface area contributed by atoms with E-state index < -0.39 is 0 Å². The maximum Gasteiger partial charge on any atom is 0.0208 e. The van der Waals surface area contributed by atoms with Crippen LogP contribution >= 0.6 is 0 Å². The average Bonchev–Trinajstić information content (AvgIpc) is 3.68. The first-order valence-corrected chi connectivity index (χ1v) is 21.4. The molecule has 5 aliphatic carbocycles. The topological polar surface area (TPSA) is 0 Å². The van der Waals surface area contributed by atoms with Crippen molar-refractivity contribution in [2.45, 2.75) is 23.7 Å². The molecular formula is C60H40. The molecule has 13 rings (SSSR count). The van der Waals surface area contributed by atoms with Gasteiger partial charge in [-0.05, 0) is 111 Å². The van der Waals surface area contributed by atoms with E-state index in [9.17, 15) is 0 Å². The average molecular weight is 761 g/mol. The molecule has 0 unspecified atom stereocenters. The Kier molecular flexibility index (Phi) is 7.36. The number of hydrogen-bond donors (Lipinski definition) is 0. The van der Waals surface area contributed by atoms with Gasteiger partial charge in [-0.2, -0.15) is 0 Å². The van der Waals surface area contributed by atoms with Crippen LogP contribution in [0.2, 0.25) is 0 Å². The molecule has 5 aliphatic rings. The van der Waals surface area contributed by atoms with Crippen molar-refractivity contribution in [2.75, 3.05) is 0 Å². The Morgan fingerprint density at radius 3 is 0.600 bits per heavy atom. The number of rotatable bonds is 0. The Morgan fingerprint density at radius 2 is 0.367 bits per heavy atom. The smallest absolute Gasteiger partial charge is 0.0208 e. The summed E-state index contributed by atoms with van der Waals surface area (Å²) in [6.07, 6.45) is 10.4. The van der Waals surface area contributed by atoms with Gasteiger partial charge in [-0.1, -0.05) is 218 Å². The Labute approximate surface area is 351 Å². The molecule has 0 radical (unpaired) electrons. The molecule has 8 aromatic rings. The lowest BCUT2D eigenvalue weighted by atomic mass is 9.59. The lowest BCUT2D eigenvalue weighted by Gasteiger charge is -2.44. The van der Waals surface area contributed by atoms with E-state index >= 15 is 0 Å². The SMILES string of the molecule is C1=C2C3=Cc4ccccc4-c4ccccc4[C@@H]3[C@@H]3C(=Cc4ccccc4-c4ccccc43)C3=Cc4ccccc4-c4ccccc4[C@@H]3[C@H]2c2ccccc2-c2ccccc21. The second-order valence-corrected chi connectivity index (χ2v) is 17.0. The van der Waals surface area contributed by atoms with E-state index in [-0.39, 0.29) is 23.7 Å².